The molecule has 1 unspecified atom stereocenters. The average Bonchev–Trinajstić information content (AvgIpc) is 2.80. The summed E-state index contributed by atoms with van der Waals surface area (Å²) in [6.07, 6.45) is 4.08. The molecule has 0 bridgehead atoms. The summed E-state index contributed by atoms with van der Waals surface area (Å²) in [4.78, 5) is 4.25. The van der Waals surface area contributed by atoms with E-state index in [9.17, 15) is 5.11 Å². The molecule has 0 amide bonds. The molecular weight excluding hydrogens is 282 g/mol. The van der Waals surface area contributed by atoms with Gasteiger partial charge in [0.25, 0.3) is 0 Å². The highest BCUT2D eigenvalue weighted by Crippen LogP contribution is 2.23. The molecule has 0 aromatic carbocycles. The van der Waals surface area contributed by atoms with E-state index in [0.717, 1.165) is 27.9 Å². The van der Waals surface area contributed by atoms with Crippen molar-refractivity contribution in [2.75, 3.05) is 0 Å². The molecule has 90 valence electrons. The van der Waals surface area contributed by atoms with E-state index in [2.05, 4.69) is 20.9 Å². The van der Waals surface area contributed by atoms with E-state index in [0.29, 0.717) is 6.42 Å². The van der Waals surface area contributed by atoms with Gasteiger partial charge in [-0.25, -0.2) is 0 Å². The Bertz CT molecular complexity index is 478. The number of hydrogen-bond donors (Lipinski definition) is 1. The summed E-state index contributed by atoms with van der Waals surface area (Å²) in [5.74, 6) is 0.842. The van der Waals surface area contributed by atoms with E-state index in [1.807, 2.05) is 25.1 Å². The first-order valence-corrected chi connectivity index (χ1v) is 6.34. The van der Waals surface area contributed by atoms with Gasteiger partial charge in [0.2, 0.25) is 0 Å². The fourth-order valence-corrected chi connectivity index (χ4v) is 2.00. The van der Waals surface area contributed by atoms with Crippen molar-refractivity contribution in [3.05, 3.63) is 52.1 Å². The molecule has 2 aromatic rings. The number of aliphatic hydroxyl groups excluding tert-OH is 1. The Balaban J connectivity index is 2.11. The van der Waals surface area contributed by atoms with Gasteiger partial charge in [-0.2, -0.15) is 0 Å². The second kappa shape index (κ2) is 5.47. The van der Waals surface area contributed by atoms with Gasteiger partial charge in [0.1, 0.15) is 5.76 Å². The first-order chi connectivity index (χ1) is 8.20. The largest absolute Gasteiger partial charge is 0.469 e. The molecule has 0 saturated heterocycles. The molecule has 2 rings (SSSR count). The summed E-state index contributed by atoms with van der Waals surface area (Å²) < 4.78 is 6.24. The Morgan fingerprint density at radius 2 is 2.24 bits per heavy atom. The molecule has 0 spiro atoms. The Labute approximate surface area is 109 Å². The number of hydrogen-bond acceptors (Lipinski definition) is 3. The Kier molecular flexibility index (Phi) is 3.97. The normalized spacial score (nSPS) is 12.6. The summed E-state index contributed by atoms with van der Waals surface area (Å²) in [6.45, 7) is 2.01. The number of aryl methyl sites for hydroxylation is 1. The molecular formula is C13H14BrNO2. The minimum absolute atomic E-state index is 0.500. The second-order valence-electron chi connectivity index (χ2n) is 3.84. The van der Waals surface area contributed by atoms with Crippen LogP contribution in [0.3, 0.4) is 0 Å². The molecule has 0 saturated carbocycles. The van der Waals surface area contributed by atoms with Crippen molar-refractivity contribution in [3.63, 3.8) is 0 Å². The molecule has 0 radical (unpaired) electrons. The smallest absolute Gasteiger partial charge is 0.109 e. The van der Waals surface area contributed by atoms with Gasteiger partial charge in [0, 0.05) is 34.8 Å². The number of halogens is 1. The quantitative estimate of drug-likeness (QED) is 0.942. The zero-order chi connectivity index (χ0) is 12.3. The van der Waals surface area contributed by atoms with E-state index in [4.69, 9.17) is 4.42 Å². The molecule has 0 aliphatic carbocycles. The molecule has 0 fully saturated rings. The lowest BCUT2D eigenvalue weighted by Crippen LogP contribution is -2.04. The van der Waals surface area contributed by atoms with Crippen LogP contribution in [0.5, 0.6) is 0 Å². The molecule has 1 N–H and O–H groups in total. The number of pyridine rings is 1. The minimum atomic E-state index is -0.558. The van der Waals surface area contributed by atoms with Crippen molar-refractivity contribution in [1.29, 1.82) is 0 Å². The molecule has 1 atom stereocenters. The third-order valence-corrected chi connectivity index (χ3v) is 3.12. The second-order valence-corrected chi connectivity index (χ2v) is 4.76. The van der Waals surface area contributed by atoms with Crippen molar-refractivity contribution < 1.29 is 9.52 Å². The number of rotatable bonds is 4. The van der Waals surface area contributed by atoms with Gasteiger partial charge in [-0.05, 0) is 34.1 Å². The van der Waals surface area contributed by atoms with E-state index in [-0.39, 0.29) is 0 Å². The summed E-state index contributed by atoms with van der Waals surface area (Å²) in [5.41, 5.74) is 1.72. The van der Waals surface area contributed by atoms with Gasteiger partial charge in [-0.1, -0.05) is 6.92 Å². The number of aliphatic hydroxyl groups is 1. The Hall–Kier alpha value is -1.13. The number of nitrogens with zero attached hydrogens (tertiary/aromatic N) is 1. The first kappa shape index (κ1) is 12.3. The van der Waals surface area contributed by atoms with Crippen LogP contribution in [0.1, 0.15) is 30.0 Å². The van der Waals surface area contributed by atoms with Crippen molar-refractivity contribution >= 4 is 15.9 Å². The van der Waals surface area contributed by atoms with Gasteiger partial charge in [0.05, 0.1) is 12.4 Å². The lowest BCUT2D eigenvalue weighted by molar-refractivity contribution is 0.174. The average molecular weight is 296 g/mol. The van der Waals surface area contributed by atoms with Gasteiger partial charge in [0.15, 0.2) is 0 Å². The lowest BCUT2D eigenvalue weighted by atomic mass is 10.0. The predicted molar refractivity (Wildman–Crippen MR) is 68.7 cm³/mol. The van der Waals surface area contributed by atoms with Crippen LogP contribution in [-0.2, 0) is 12.8 Å². The third-order valence-electron chi connectivity index (χ3n) is 2.65. The van der Waals surface area contributed by atoms with Crippen LogP contribution in [0.4, 0.5) is 0 Å². The van der Waals surface area contributed by atoms with E-state index in [1.165, 1.54) is 0 Å². The Morgan fingerprint density at radius 1 is 1.41 bits per heavy atom. The molecule has 2 heterocycles. The molecule has 17 heavy (non-hydrogen) atoms. The van der Waals surface area contributed by atoms with Crippen molar-refractivity contribution in [1.82, 2.24) is 4.98 Å². The molecule has 2 aromatic heterocycles. The highest BCUT2D eigenvalue weighted by Gasteiger charge is 2.15. The maximum atomic E-state index is 10.1. The topological polar surface area (TPSA) is 46.3 Å². The van der Waals surface area contributed by atoms with Crippen LogP contribution in [0, 0.1) is 0 Å². The third kappa shape index (κ3) is 2.96. The van der Waals surface area contributed by atoms with Crippen molar-refractivity contribution in [2.45, 2.75) is 25.9 Å². The molecule has 4 heteroatoms. The minimum Gasteiger partial charge on any atom is -0.469 e. The summed E-state index contributed by atoms with van der Waals surface area (Å²) >= 11 is 3.33. The highest BCUT2D eigenvalue weighted by molar-refractivity contribution is 9.10. The first-order valence-electron chi connectivity index (χ1n) is 5.55. The van der Waals surface area contributed by atoms with Gasteiger partial charge in [-0.15, -0.1) is 0 Å². The zero-order valence-corrected chi connectivity index (χ0v) is 11.1. The van der Waals surface area contributed by atoms with Crippen LogP contribution in [0.15, 0.2) is 39.5 Å². The fraction of sp³-hybridized carbons (Fsp3) is 0.308. The van der Waals surface area contributed by atoms with Gasteiger partial charge >= 0.3 is 0 Å². The highest BCUT2D eigenvalue weighted by atomic mass is 79.9. The zero-order valence-electron chi connectivity index (χ0n) is 9.56. The monoisotopic (exact) mass is 295 g/mol. The number of furan rings is 1. The summed E-state index contributed by atoms with van der Waals surface area (Å²) in [6, 6.07) is 5.65. The van der Waals surface area contributed by atoms with Crippen molar-refractivity contribution in [2.24, 2.45) is 0 Å². The maximum absolute atomic E-state index is 10.1. The van der Waals surface area contributed by atoms with E-state index < -0.39 is 6.10 Å². The van der Waals surface area contributed by atoms with E-state index >= 15 is 0 Å². The molecule has 3 nitrogen and oxygen atoms in total. The number of aromatic nitrogens is 1. The Morgan fingerprint density at radius 3 is 2.88 bits per heavy atom. The van der Waals surface area contributed by atoms with Crippen LogP contribution in [0.2, 0.25) is 0 Å². The maximum Gasteiger partial charge on any atom is 0.109 e. The van der Waals surface area contributed by atoms with Gasteiger partial charge in [-0.3, -0.25) is 4.98 Å². The van der Waals surface area contributed by atoms with E-state index in [1.54, 1.807) is 12.5 Å². The predicted octanol–water partition coefficient (Wildman–Crippen LogP) is 3.28. The van der Waals surface area contributed by atoms with Crippen LogP contribution >= 0.6 is 15.9 Å². The fourth-order valence-electron chi connectivity index (χ4n) is 1.77. The van der Waals surface area contributed by atoms with Crippen LogP contribution in [-0.4, -0.2) is 10.1 Å². The lowest BCUT2D eigenvalue weighted by Gasteiger charge is -2.09. The molecule has 0 aliphatic heterocycles. The van der Waals surface area contributed by atoms with Crippen LogP contribution < -0.4 is 0 Å². The van der Waals surface area contributed by atoms with Crippen molar-refractivity contribution in [3.8, 4) is 0 Å². The SMILES string of the molecule is CCc1occc1C(O)Cc1ccc(Br)cn1. The molecule has 0 aliphatic rings. The van der Waals surface area contributed by atoms with Crippen LogP contribution in [0.25, 0.3) is 0 Å². The standard InChI is InChI=1S/C13H14BrNO2/c1-2-13-11(5-6-17-13)12(16)7-10-4-3-9(14)8-15-10/h3-6,8,12,16H,2,7H2,1H3. The summed E-state index contributed by atoms with van der Waals surface area (Å²) in [5, 5.41) is 10.1. The van der Waals surface area contributed by atoms with Gasteiger partial charge < -0.3 is 9.52 Å². The summed E-state index contributed by atoms with van der Waals surface area (Å²) in [7, 11) is 0.